The summed E-state index contributed by atoms with van der Waals surface area (Å²) in [6, 6.07) is 15.5. The molecule has 0 unspecified atom stereocenters. The smallest absolute Gasteiger partial charge is 0.187 e. The van der Waals surface area contributed by atoms with Crippen molar-refractivity contribution in [2.45, 2.75) is 0 Å². The van der Waals surface area contributed by atoms with Gasteiger partial charge in [-0.3, -0.25) is 4.79 Å². The first-order valence-corrected chi connectivity index (χ1v) is 5.78. The highest BCUT2D eigenvalue weighted by Gasteiger charge is 2.46. The number of carbonyl (C=O) groups excluding carboxylic acids is 1. The van der Waals surface area contributed by atoms with Crippen LogP contribution < -0.4 is 0 Å². The Hall–Kier alpha value is -2.18. The zero-order chi connectivity index (χ0) is 12.6. The van der Waals surface area contributed by atoms with E-state index in [1.54, 1.807) is 6.07 Å². The van der Waals surface area contributed by atoms with E-state index >= 15 is 0 Å². The number of carbonyl (C=O) groups is 1. The van der Waals surface area contributed by atoms with Crippen LogP contribution in [0.1, 0.15) is 10.4 Å². The Kier molecular flexibility index (Phi) is 2.39. The number of benzene rings is 2. The van der Waals surface area contributed by atoms with Gasteiger partial charge in [-0.25, -0.2) is 0 Å². The van der Waals surface area contributed by atoms with Crippen LogP contribution in [0.5, 0.6) is 0 Å². The lowest BCUT2D eigenvalue weighted by Gasteiger charge is -2.33. The predicted octanol–water partition coefficient (Wildman–Crippen LogP) is 2.56. The van der Waals surface area contributed by atoms with E-state index < -0.39 is 5.41 Å². The molecule has 0 N–H and O–H groups in total. The highest BCUT2D eigenvalue weighted by Crippen LogP contribution is 2.31. The molecule has 0 aromatic heterocycles. The summed E-state index contributed by atoms with van der Waals surface area (Å²) in [7, 11) is 0. The molecule has 0 spiro atoms. The molecule has 0 aliphatic carbocycles. The van der Waals surface area contributed by atoms with Crippen molar-refractivity contribution in [3.63, 3.8) is 0 Å². The number of nitrogens with zero attached hydrogens (tertiary/aromatic N) is 1. The largest absolute Gasteiger partial charge is 0.377 e. The van der Waals surface area contributed by atoms with E-state index in [0.717, 1.165) is 10.8 Å². The van der Waals surface area contributed by atoms with E-state index in [1.165, 1.54) is 0 Å². The summed E-state index contributed by atoms with van der Waals surface area (Å²) in [5.74, 6) is -0.137. The summed E-state index contributed by atoms with van der Waals surface area (Å²) in [6.07, 6.45) is 0. The van der Waals surface area contributed by atoms with Gasteiger partial charge in [0.2, 0.25) is 0 Å². The zero-order valence-corrected chi connectivity index (χ0v) is 9.72. The van der Waals surface area contributed by atoms with Crippen LogP contribution in [0.2, 0.25) is 0 Å². The standard InChI is InChI=1S/C15H11NO2/c16-8-15(9-18-10-15)14(17)13-6-5-11-3-1-2-4-12(11)7-13/h1-7H,9-10H2. The lowest BCUT2D eigenvalue weighted by molar-refractivity contribution is -0.0566. The Bertz CT molecular complexity index is 665. The number of hydrogen-bond donors (Lipinski definition) is 0. The van der Waals surface area contributed by atoms with Gasteiger partial charge in [-0.05, 0) is 16.8 Å². The van der Waals surface area contributed by atoms with E-state index in [0.29, 0.717) is 5.56 Å². The van der Waals surface area contributed by atoms with Gasteiger partial charge in [0.05, 0.1) is 19.3 Å². The van der Waals surface area contributed by atoms with Gasteiger partial charge in [0.25, 0.3) is 0 Å². The molecule has 0 amide bonds. The van der Waals surface area contributed by atoms with E-state index in [9.17, 15) is 4.79 Å². The first-order valence-electron chi connectivity index (χ1n) is 5.78. The number of ether oxygens (including phenoxy) is 1. The summed E-state index contributed by atoms with van der Waals surface area (Å²) in [5.41, 5.74) is -0.388. The van der Waals surface area contributed by atoms with Gasteiger partial charge in [0.1, 0.15) is 0 Å². The topological polar surface area (TPSA) is 50.1 Å². The average molecular weight is 237 g/mol. The third-order valence-corrected chi connectivity index (χ3v) is 3.36. The molecule has 0 radical (unpaired) electrons. The maximum atomic E-state index is 12.3. The first kappa shape index (κ1) is 10.9. The van der Waals surface area contributed by atoms with Crippen LogP contribution in [0.25, 0.3) is 10.8 Å². The normalized spacial score (nSPS) is 16.8. The van der Waals surface area contributed by atoms with E-state index in [4.69, 9.17) is 10.00 Å². The number of fused-ring (bicyclic) bond motifs is 1. The second kappa shape index (κ2) is 3.94. The fourth-order valence-corrected chi connectivity index (χ4v) is 2.16. The summed E-state index contributed by atoms with van der Waals surface area (Å²) < 4.78 is 5.02. The van der Waals surface area contributed by atoms with Crippen LogP contribution >= 0.6 is 0 Å². The average Bonchev–Trinajstić information content (AvgIpc) is 2.37. The number of nitriles is 1. The fourth-order valence-electron chi connectivity index (χ4n) is 2.16. The Morgan fingerprint density at radius 2 is 1.89 bits per heavy atom. The van der Waals surface area contributed by atoms with Crippen LogP contribution in [0.15, 0.2) is 42.5 Å². The third-order valence-electron chi connectivity index (χ3n) is 3.36. The Labute approximate surface area is 105 Å². The van der Waals surface area contributed by atoms with Gasteiger partial charge >= 0.3 is 0 Å². The third kappa shape index (κ3) is 1.51. The minimum absolute atomic E-state index is 0.137. The second-order valence-electron chi connectivity index (χ2n) is 4.58. The number of ketones is 1. The predicted molar refractivity (Wildman–Crippen MR) is 67.1 cm³/mol. The van der Waals surface area contributed by atoms with Gasteiger partial charge in [-0.1, -0.05) is 36.4 Å². The van der Waals surface area contributed by atoms with Gasteiger partial charge in [-0.2, -0.15) is 5.26 Å². The van der Waals surface area contributed by atoms with Crippen LogP contribution in [-0.2, 0) is 4.74 Å². The van der Waals surface area contributed by atoms with Crippen molar-refractivity contribution in [2.24, 2.45) is 5.41 Å². The molecule has 3 heteroatoms. The molecule has 1 fully saturated rings. The Morgan fingerprint density at radius 3 is 2.50 bits per heavy atom. The van der Waals surface area contributed by atoms with Crippen molar-refractivity contribution in [1.29, 1.82) is 5.26 Å². The molecule has 0 saturated carbocycles. The molecule has 18 heavy (non-hydrogen) atoms. The highest BCUT2D eigenvalue weighted by molar-refractivity contribution is 6.05. The second-order valence-corrected chi connectivity index (χ2v) is 4.58. The first-order chi connectivity index (χ1) is 8.75. The zero-order valence-electron chi connectivity index (χ0n) is 9.72. The maximum Gasteiger partial charge on any atom is 0.187 e. The highest BCUT2D eigenvalue weighted by atomic mass is 16.5. The Balaban J connectivity index is 2.05. The van der Waals surface area contributed by atoms with E-state index in [-0.39, 0.29) is 19.0 Å². The molecular weight excluding hydrogens is 226 g/mol. The van der Waals surface area contributed by atoms with Gasteiger partial charge in [-0.15, -0.1) is 0 Å². The number of hydrogen-bond acceptors (Lipinski definition) is 3. The molecule has 0 bridgehead atoms. The van der Waals surface area contributed by atoms with Crippen LogP contribution in [-0.4, -0.2) is 19.0 Å². The SMILES string of the molecule is N#CC1(C(=O)c2ccc3ccccc3c2)COC1. The molecule has 1 saturated heterocycles. The van der Waals surface area contributed by atoms with Crippen molar-refractivity contribution in [2.75, 3.05) is 13.2 Å². The molecule has 1 heterocycles. The van der Waals surface area contributed by atoms with Crippen LogP contribution in [0.3, 0.4) is 0 Å². The maximum absolute atomic E-state index is 12.3. The summed E-state index contributed by atoms with van der Waals surface area (Å²) in [4.78, 5) is 12.3. The van der Waals surface area contributed by atoms with Crippen molar-refractivity contribution in [3.8, 4) is 6.07 Å². The van der Waals surface area contributed by atoms with Crippen LogP contribution in [0, 0.1) is 16.7 Å². The quantitative estimate of drug-likeness (QED) is 0.754. The molecule has 1 aliphatic rings. The van der Waals surface area contributed by atoms with Gasteiger partial charge in [0, 0.05) is 5.56 Å². The lowest BCUT2D eigenvalue weighted by atomic mass is 9.79. The minimum atomic E-state index is -0.970. The van der Waals surface area contributed by atoms with Crippen molar-refractivity contribution < 1.29 is 9.53 Å². The Morgan fingerprint density at radius 1 is 1.17 bits per heavy atom. The summed E-state index contributed by atoms with van der Waals surface area (Å²) >= 11 is 0. The number of rotatable bonds is 2. The molecule has 0 atom stereocenters. The van der Waals surface area contributed by atoms with E-state index in [1.807, 2.05) is 36.4 Å². The fraction of sp³-hybridized carbons (Fsp3) is 0.200. The lowest BCUT2D eigenvalue weighted by Crippen LogP contribution is -2.47. The molecule has 2 aromatic carbocycles. The molecule has 88 valence electrons. The van der Waals surface area contributed by atoms with Gasteiger partial charge in [0.15, 0.2) is 11.2 Å². The van der Waals surface area contributed by atoms with Crippen molar-refractivity contribution in [1.82, 2.24) is 0 Å². The molecule has 1 aliphatic heterocycles. The van der Waals surface area contributed by atoms with Crippen molar-refractivity contribution in [3.05, 3.63) is 48.0 Å². The summed E-state index contributed by atoms with van der Waals surface area (Å²) in [5, 5.41) is 11.2. The van der Waals surface area contributed by atoms with Crippen molar-refractivity contribution >= 4 is 16.6 Å². The molecular formula is C15H11NO2. The molecule has 3 rings (SSSR count). The monoisotopic (exact) mass is 237 g/mol. The summed E-state index contributed by atoms with van der Waals surface area (Å²) in [6.45, 7) is 0.407. The number of Topliss-reactive ketones (excluding diaryl/α,β-unsaturated/α-hetero) is 1. The molecule has 2 aromatic rings. The minimum Gasteiger partial charge on any atom is -0.377 e. The van der Waals surface area contributed by atoms with Crippen LogP contribution in [0.4, 0.5) is 0 Å². The molecule has 3 nitrogen and oxygen atoms in total. The van der Waals surface area contributed by atoms with Gasteiger partial charge < -0.3 is 4.74 Å². The van der Waals surface area contributed by atoms with E-state index in [2.05, 4.69) is 6.07 Å².